The van der Waals surface area contributed by atoms with Gasteiger partial charge in [0, 0.05) is 0 Å². The molecule has 0 spiro atoms. The molecule has 2 N–H and O–H groups in total. The summed E-state index contributed by atoms with van der Waals surface area (Å²) in [5.41, 5.74) is 2.74. The van der Waals surface area contributed by atoms with Crippen molar-refractivity contribution in [1.29, 1.82) is 0 Å². The van der Waals surface area contributed by atoms with E-state index in [0.717, 1.165) is 38.5 Å². The third kappa shape index (κ3) is 4.22. The number of nitrogens with one attached hydrogen (secondary N) is 2. The maximum atomic E-state index is 11.8. The third-order valence-corrected chi connectivity index (χ3v) is 5.02. The first-order valence-electron chi connectivity index (χ1n) is 8.53. The molecule has 0 saturated heterocycles. The Kier molecular flexibility index (Phi) is 5.49. The molecule has 0 heterocycles. The van der Waals surface area contributed by atoms with Crippen LogP contribution in [0.5, 0.6) is 0 Å². The number of carbonyl (C=O) groups is 1. The summed E-state index contributed by atoms with van der Waals surface area (Å²) in [7, 11) is 0. The lowest BCUT2D eigenvalue weighted by molar-refractivity contribution is -0.148. The van der Waals surface area contributed by atoms with Gasteiger partial charge in [-0.05, 0) is 49.0 Å². The summed E-state index contributed by atoms with van der Waals surface area (Å²) < 4.78 is 5.31. The number of ether oxygens (including phenoxy) is 1. The summed E-state index contributed by atoms with van der Waals surface area (Å²) in [6.07, 6.45) is 6.41. The predicted octanol–water partition coefficient (Wildman–Crippen LogP) is 2.87. The first-order valence-corrected chi connectivity index (χ1v) is 8.93. The van der Waals surface area contributed by atoms with E-state index in [2.05, 4.69) is 34.9 Å². The van der Waals surface area contributed by atoms with Crippen LogP contribution in [0.4, 0.5) is 0 Å². The number of esters is 1. The van der Waals surface area contributed by atoms with Gasteiger partial charge < -0.3 is 15.4 Å². The van der Waals surface area contributed by atoms with E-state index in [1.54, 1.807) is 0 Å². The molecule has 2 aliphatic rings. The fraction of sp³-hybridized carbons (Fsp3) is 0.556. The Labute approximate surface area is 143 Å². The molecule has 1 fully saturated rings. The molecule has 4 nitrogen and oxygen atoms in total. The van der Waals surface area contributed by atoms with Gasteiger partial charge >= 0.3 is 5.97 Å². The average Bonchev–Trinajstić information content (AvgIpc) is 3.22. The smallest absolute Gasteiger partial charge is 0.308 e. The van der Waals surface area contributed by atoms with Gasteiger partial charge in [-0.2, -0.15) is 0 Å². The highest BCUT2D eigenvalue weighted by atomic mass is 32.1. The normalized spacial score (nSPS) is 20.1. The Morgan fingerprint density at radius 3 is 2.83 bits per heavy atom. The molecule has 0 amide bonds. The van der Waals surface area contributed by atoms with Crippen molar-refractivity contribution < 1.29 is 9.53 Å². The van der Waals surface area contributed by atoms with Crippen LogP contribution in [-0.4, -0.2) is 24.2 Å². The standard InChI is InChI=1S/C18H24N2O2S/c21-17(14-6-1-2-7-14)22-12-11-19-18(23)20-16-10-9-13-5-3-4-8-15(13)16/h3-5,8,14,16H,1-2,6-7,9-12H2,(H2,19,20,23). The van der Waals surface area contributed by atoms with Crippen LogP contribution in [0.25, 0.3) is 0 Å². The third-order valence-electron chi connectivity index (χ3n) is 4.76. The summed E-state index contributed by atoms with van der Waals surface area (Å²) in [5.74, 6) is 0.0722. The molecule has 2 aliphatic carbocycles. The molecule has 1 saturated carbocycles. The number of thiocarbonyl (C=S) groups is 1. The zero-order valence-corrected chi connectivity index (χ0v) is 14.2. The molecule has 23 heavy (non-hydrogen) atoms. The van der Waals surface area contributed by atoms with E-state index in [0.29, 0.717) is 18.3 Å². The molecule has 1 aromatic rings. The van der Waals surface area contributed by atoms with E-state index >= 15 is 0 Å². The van der Waals surface area contributed by atoms with Crippen molar-refractivity contribution in [2.75, 3.05) is 13.2 Å². The van der Waals surface area contributed by atoms with Crippen molar-refractivity contribution in [2.24, 2.45) is 5.92 Å². The second-order valence-corrected chi connectivity index (χ2v) is 6.75. The Balaban J connectivity index is 1.35. The van der Waals surface area contributed by atoms with Crippen molar-refractivity contribution in [3.05, 3.63) is 35.4 Å². The Morgan fingerprint density at radius 1 is 1.22 bits per heavy atom. The zero-order valence-electron chi connectivity index (χ0n) is 13.3. The van der Waals surface area contributed by atoms with Crippen molar-refractivity contribution in [3.8, 4) is 0 Å². The van der Waals surface area contributed by atoms with Crippen LogP contribution in [0.2, 0.25) is 0 Å². The second kappa shape index (κ2) is 7.77. The van der Waals surface area contributed by atoms with Gasteiger partial charge in [0.25, 0.3) is 0 Å². The van der Waals surface area contributed by atoms with Crippen LogP contribution in [0.3, 0.4) is 0 Å². The molecule has 1 atom stereocenters. The summed E-state index contributed by atoms with van der Waals surface area (Å²) >= 11 is 5.34. The van der Waals surface area contributed by atoms with Gasteiger partial charge in [0.2, 0.25) is 0 Å². The maximum absolute atomic E-state index is 11.8. The minimum absolute atomic E-state index is 0.0482. The summed E-state index contributed by atoms with van der Waals surface area (Å²) in [5, 5.41) is 7.12. The molecule has 124 valence electrons. The molecule has 3 rings (SSSR count). The first kappa shape index (κ1) is 16.2. The molecule has 1 unspecified atom stereocenters. The maximum Gasteiger partial charge on any atom is 0.308 e. The zero-order chi connectivity index (χ0) is 16.1. The van der Waals surface area contributed by atoms with Crippen LogP contribution in [0, 0.1) is 5.92 Å². The molecular weight excluding hydrogens is 308 g/mol. The second-order valence-electron chi connectivity index (χ2n) is 6.34. The van der Waals surface area contributed by atoms with E-state index in [1.807, 2.05) is 0 Å². The average molecular weight is 332 g/mol. The lowest BCUT2D eigenvalue weighted by Gasteiger charge is -2.17. The number of rotatable bonds is 5. The molecule has 0 bridgehead atoms. The largest absolute Gasteiger partial charge is 0.464 e. The van der Waals surface area contributed by atoms with Crippen molar-refractivity contribution >= 4 is 23.3 Å². The van der Waals surface area contributed by atoms with E-state index in [-0.39, 0.29) is 17.9 Å². The number of aryl methyl sites for hydroxylation is 1. The Bertz CT molecular complexity index is 570. The lowest BCUT2D eigenvalue weighted by Crippen LogP contribution is -2.39. The summed E-state index contributed by atoms with van der Waals surface area (Å²) in [4.78, 5) is 11.8. The molecule has 0 radical (unpaired) electrons. The van der Waals surface area contributed by atoms with Crippen molar-refractivity contribution in [1.82, 2.24) is 10.6 Å². The van der Waals surface area contributed by atoms with Gasteiger partial charge in [-0.25, -0.2) is 0 Å². The summed E-state index contributed by atoms with van der Waals surface area (Å²) in [6, 6.07) is 8.77. The number of hydrogen-bond acceptors (Lipinski definition) is 3. The van der Waals surface area contributed by atoms with E-state index < -0.39 is 0 Å². The molecule has 0 aromatic heterocycles. The van der Waals surface area contributed by atoms with E-state index in [4.69, 9.17) is 17.0 Å². The van der Waals surface area contributed by atoms with E-state index in [1.165, 1.54) is 11.1 Å². The fourth-order valence-corrected chi connectivity index (χ4v) is 3.76. The molecule has 0 aliphatic heterocycles. The quantitative estimate of drug-likeness (QED) is 0.493. The first-order chi connectivity index (χ1) is 11.2. The summed E-state index contributed by atoms with van der Waals surface area (Å²) in [6.45, 7) is 0.928. The van der Waals surface area contributed by atoms with Gasteiger partial charge in [-0.15, -0.1) is 0 Å². The lowest BCUT2D eigenvalue weighted by atomic mass is 10.1. The number of carbonyl (C=O) groups excluding carboxylic acids is 1. The molecule has 5 heteroatoms. The van der Waals surface area contributed by atoms with Gasteiger partial charge in [0.1, 0.15) is 6.61 Å². The highest BCUT2D eigenvalue weighted by Gasteiger charge is 2.24. The molecular formula is C18H24N2O2S. The fourth-order valence-electron chi connectivity index (χ4n) is 3.51. The van der Waals surface area contributed by atoms with Crippen LogP contribution < -0.4 is 10.6 Å². The SMILES string of the molecule is O=C(OCCNC(=S)NC1CCc2ccccc21)C1CCCC1. The minimum atomic E-state index is -0.0482. The van der Waals surface area contributed by atoms with E-state index in [9.17, 15) is 4.79 Å². The van der Waals surface area contributed by atoms with Crippen LogP contribution >= 0.6 is 12.2 Å². The monoisotopic (exact) mass is 332 g/mol. The van der Waals surface area contributed by atoms with Gasteiger partial charge in [-0.3, -0.25) is 4.79 Å². The predicted molar refractivity (Wildman–Crippen MR) is 94.2 cm³/mol. The highest BCUT2D eigenvalue weighted by Crippen LogP contribution is 2.30. The highest BCUT2D eigenvalue weighted by molar-refractivity contribution is 7.80. The van der Waals surface area contributed by atoms with Gasteiger partial charge in [-0.1, -0.05) is 37.1 Å². The van der Waals surface area contributed by atoms with Crippen LogP contribution in [-0.2, 0) is 16.0 Å². The molecule has 1 aromatic carbocycles. The van der Waals surface area contributed by atoms with Gasteiger partial charge in [0.05, 0.1) is 18.5 Å². The number of hydrogen-bond donors (Lipinski definition) is 2. The number of benzene rings is 1. The van der Waals surface area contributed by atoms with Crippen molar-refractivity contribution in [2.45, 2.75) is 44.6 Å². The van der Waals surface area contributed by atoms with Crippen molar-refractivity contribution in [3.63, 3.8) is 0 Å². The Hall–Kier alpha value is -1.62. The Morgan fingerprint density at radius 2 is 2.00 bits per heavy atom. The number of fused-ring (bicyclic) bond motifs is 1. The topological polar surface area (TPSA) is 50.4 Å². The minimum Gasteiger partial charge on any atom is -0.464 e. The van der Waals surface area contributed by atoms with Gasteiger partial charge in [0.15, 0.2) is 5.11 Å². The van der Waals surface area contributed by atoms with Crippen LogP contribution in [0.15, 0.2) is 24.3 Å². The van der Waals surface area contributed by atoms with Crippen LogP contribution in [0.1, 0.15) is 49.3 Å².